The standard InChI is InChI=1S/C12H11ClN2O/c1-2-9-6-12(16)15(7-9)8-10-4-3-5-11(13)14-10/h1,3-5,9H,6-8H2. The summed E-state index contributed by atoms with van der Waals surface area (Å²) in [5.74, 6) is 2.73. The number of halogens is 1. The molecule has 1 aromatic rings. The van der Waals surface area contributed by atoms with Gasteiger partial charge in [0.15, 0.2) is 0 Å². The minimum Gasteiger partial charge on any atom is -0.336 e. The lowest BCUT2D eigenvalue weighted by Gasteiger charge is -2.15. The molecule has 1 saturated heterocycles. The van der Waals surface area contributed by atoms with Crippen LogP contribution in [-0.2, 0) is 11.3 Å². The number of aromatic nitrogens is 1. The molecular weight excluding hydrogens is 224 g/mol. The number of rotatable bonds is 2. The van der Waals surface area contributed by atoms with Gasteiger partial charge in [0.05, 0.1) is 12.2 Å². The minimum absolute atomic E-state index is 0.0340. The smallest absolute Gasteiger partial charge is 0.224 e. The van der Waals surface area contributed by atoms with Crippen LogP contribution in [0.5, 0.6) is 0 Å². The van der Waals surface area contributed by atoms with Crippen LogP contribution in [0, 0.1) is 18.3 Å². The van der Waals surface area contributed by atoms with Gasteiger partial charge in [-0.05, 0) is 12.1 Å². The Kier molecular flexibility index (Phi) is 3.12. The van der Waals surface area contributed by atoms with E-state index in [9.17, 15) is 4.79 Å². The van der Waals surface area contributed by atoms with Crippen molar-refractivity contribution in [2.75, 3.05) is 6.54 Å². The van der Waals surface area contributed by atoms with Crippen LogP contribution in [0.3, 0.4) is 0 Å². The van der Waals surface area contributed by atoms with Crippen molar-refractivity contribution in [3.63, 3.8) is 0 Å². The first kappa shape index (κ1) is 11.0. The summed E-state index contributed by atoms with van der Waals surface area (Å²) in [6, 6.07) is 5.38. The van der Waals surface area contributed by atoms with Crippen LogP contribution in [-0.4, -0.2) is 22.3 Å². The van der Waals surface area contributed by atoms with Gasteiger partial charge in [-0.25, -0.2) is 4.98 Å². The maximum Gasteiger partial charge on any atom is 0.224 e. The molecule has 0 aromatic carbocycles. The number of carbonyl (C=O) groups excluding carboxylic acids is 1. The Morgan fingerprint density at radius 2 is 2.44 bits per heavy atom. The van der Waals surface area contributed by atoms with E-state index < -0.39 is 0 Å². The van der Waals surface area contributed by atoms with Crippen LogP contribution in [0.15, 0.2) is 18.2 Å². The molecule has 1 atom stereocenters. The van der Waals surface area contributed by atoms with E-state index in [1.807, 2.05) is 12.1 Å². The summed E-state index contributed by atoms with van der Waals surface area (Å²) in [5.41, 5.74) is 0.790. The molecule has 0 radical (unpaired) electrons. The van der Waals surface area contributed by atoms with Crippen molar-refractivity contribution in [2.45, 2.75) is 13.0 Å². The Labute approximate surface area is 99.4 Å². The molecule has 0 bridgehead atoms. The van der Waals surface area contributed by atoms with Gasteiger partial charge in [-0.2, -0.15) is 0 Å². The molecule has 1 aliphatic rings. The average molecular weight is 235 g/mol. The van der Waals surface area contributed by atoms with Gasteiger partial charge < -0.3 is 4.90 Å². The van der Waals surface area contributed by atoms with Crippen molar-refractivity contribution in [3.8, 4) is 12.3 Å². The predicted molar refractivity (Wildman–Crippen MR) is 61.6 cm³/mol. The maximum absolute atomic E-state index is 11.6. The Morgan fingerprint density at radius 3 is 3.06 bits per heavy atom. The van der Waals surface area contributed by atoms with E-state index in [4.69, 9.17) is 18.0 Å². The third kappa shape index (κ3) is 2.34. The molecule has 1 amide bonds. The van der Waals surface area contributed by atoms with Gasteiger partial charge in [-0.15, -0.1) is 12.3 Å². The fraction of sp³-hybridized carbons (Fsp3) is 0.333. The van der Waals surface area contributed by atoms with Crippen molar-refractivity contribution in [1.82, 2.24) is 9.88 Å². The number of nitrogens with zero attached hydrogens (tertiary/aromatic N) is 2. The first-order chi connectivity index (χ1) is 7.69. The molecule has 0 aliphatic carbocycles. The van der Waals surface area contributed by atoms with E-state index in [2.05, 4.69) is 10.9 Å². The van der Waals surface area contributed by atoms with Crippen LogP contribution in [0.4, 0.5) is 0 Å². The molecule has 2 rings (SSSR count). The normalized spacial score (nSPS) is 19.9. The molecule has 1 aliphatic heterocycles. The number of hydrogen-bond acceptors (Lipinski definition) is 2. The fourth-order valence-corrected chi connectivity index (χ4v) is 1.95. The van der Waals surface area contributed by atoms with Gasteiger partial charge in [0.25, 0.3) is 0 Å². The summed E-state index contributed by atoms with van der Waals surface area (Å²) in [5, 5.41) is 0.442. The highest BCUT2D eigenvalue weighted by Crippen LogP contribution is 2.19. The highest BCUT2D eigenvalue weighted by atomic mass is 35.5. The molecule has 2 heterocycles. The Morgan fingerprint density at radius 1 is 1.62 bits per heavy atom. The van der Waals surface area contributed by atoms with Gasteiger partial charge in [-0.1, -0.05) is 17.7 Å². The van der Waals surface area contributed by atoms with E-state index in [0.717, 1.165) is 5.69 Å². The summed E-state index contributed by atoms with van der Waals surface area (Å²) in [6.45, 7) is 1.10. The number of carbonyl (C=O) groups is 1. The van der Waals surface area contributed by atoms with Gasteiger partial charge in [-0.3, -0.25) is 4.79 Å². The molecular formula is C12H11ClN2O. The molecule has 0 saturated carbocycles. The predicted octanol–water partition coefficient (Wildman–Crippen LogP) is 1.72. The molecule has 4 heteroatoms. The summed E-state index contributed by atoms with van der Waals surface area (Å²) >= 11 is 5.78. The Hall–Kier alpha value is -1.53. The zero-order chi connectivity index (χ0) is 11.5. The largest absolute Gasteiger partial charge is 0.336 e. The van der Waals surface area contributed by atoms with Crippen molar-refractivity contribution < 1.29 is 4.79 Å². The highest BCUT2D eigenvalue weighted by Gasteiger charge is 2.28. The lowest BCUT2D eigenvalue weighted by molar-refractivity contribution is -0.128. The van der Waals surface area contributed by atoms with Crippen LogP contribution < -0.4 is 0 Å². The third-order valence-corrected chi connectivity index (χ3v) is 2.79. The van der Waals surface area contributed by atoms with Gasteiger partial charge in [0.2, 0.25) is 5.91 Å². The zero-order valence-corrected chi connectivity index (χ0v) is 9.44. The summed E-state index contributed by atoms with van der Waals surface area (Å²) in [6.07, 6.45) is 5.75. The Balaban J connectivity index is 2.06. The fourth-order valence-electron chi connectivity index (χ4n) is 1.77. The summed E-state index contributed by atoms with van der Waals surface area (Å²) in [4.78, 5) is 17.5. The molecule has 1 aromatic heterocycles. The molecule has 1 unspecified atom stereocenters. The van der Waals surface area contributed by atoms with Crippen molar-refractivity contribution >= 4 is 17.5 Å². The highest BCUT2D eigenvalue weighted by molar-refractivity contribution is 6.29. The lowest BCUT2D eigenvalue weighted by atomic mass is 10.1. The molecule has 1 fully saturated rings. The number of likely N-dealkylation sites (tertiary alicyclic amines) is 1. The second-order valence-corrected chi connectivity index (χ2v) is 4.18. The quantitative estimate of drug-likeness (QED) is 0.577. The summed E-state index contributed by atoms with van der Waals surface area (Å²) in [7, 11) is 0. The second-order valence-electron chi connectivity index (χ2n) is 3.79. The first-order valence-corrected chi connectivity index (χ1v) is 5.42. The van der Waals surface area contributed by atoms with Gasteiger partial charge in [0.1, 0.15) is 5.15 Å². The van der Waals surface area contributed by atoms with Crippen LogP contribution in [0.2, 0.25) is 5.15 Å². The number of terminal acetylenes is 1. The van der Waals surface area contributed by atoms with Crippen LogP contribution in [0.25, 0.3) is 0 Å². The summed E-state index contributed by atoms with van der Waals surface area (Å²) < 4.78 is 0. The second kappa shape index (κ2) is 4.54. The Bertz CT molecular complexity index is 453. The number of hydrogen-bond donors (Lipinski definition) is 0. The number of pyridine rings is 1. The van der Waals surface area contributed by atoms with E-state index >= 15 is 0 Å². The van der Waals surface area contributed by atoms with Crippen molar-refractivity contribution in [1.29, 1.82) is 0 Å². The van der Waals surface area contributed by atoms with Gasteiger partial charge in [0, 0.05) is 18.9 Å². The molecule has 3 nitrogen and oxygen atoms in total. The van der Waals surface area contributed by atoms with Crippen molar-refractivity contribution in [2.24, 2.45) is 5.92 Å². The first-order valence-electron chi connectivity index (χ1n) is 5.04. The van der Waals surface area contributed by atoms with E-state index in [1.54, 1.807) is 11.0 Å². The zero-order valence-electron chi connectivity index (χ0n) is 8.69. The SMILES string of the molecule is C#CC1CC(=O)N(Cc2cccc(Cl)n2)C1. The maximum atomic E-state index is 11.6. The third-order valence-electron chi connectivity index (χ3n) is 2.58. The molecule has 82 valence electrons. The van der Waals surface area contributed by atoms with Crippen molar-refractivity contribution in [3.05, 3.63) is 29.0 Å². The molecule has 0 N–H and O–H groups in total. The van der Waals surface area contributed by atoms with Gasteiger partial charge >= 0.3 is 0 Å². The topological polar surface area (TPSA) is 33.2 Å². The minimum atomic E-state index is 0.0340. The average Bonchev–Trinajstić information content (AvgIpc) is 2.60. The van der Waals surface area contributed by atoms with Crippen LogP contribution in [0.1, 0.15) is 12.1 Å². The monoisotopic (exact) mass is 234 g/mol. The lowest BCUT2D eigenvalue weighted by Crippen LogP contribution is -2.24. The van der Waals surface area contributed by atoms with E-state index in [1.165, 1.54) is 0 Å². The molecule has 16 heavy (non-hydrogen) atoms. The number of amides is 1. The van der Waals surface area contributed by atoms with E-state index in [-0.39, 0.29) is 11.8 Å². The van der Waals surface area contributed by atoms with E-state index in [0.29, 0.717) is 24.7 Å². The van der Waals surface area contributed by atoms with Crippen LogP contribution >= 0.6 is 11.6 Å². The molecule has 0 spiro atoms.